The summed E-state index contributed by atoms with van der Waals surface area (Å²) >= 11 is 0. The molecule has 0 bridgehead atoms. The number of carbonyl (C=O) groups is 2. The number of likely N-dealkylation sites (N-methyl/N-ethyl adjacent to an activating group) is 1. The molecule has 5 rings (SSSR count). The highest BCUT2D eigenvalue weighted by atomic mass is 16.5. The summed E-state index contributed by atoms with van der Waals surface area (Å²) in [5, 5.41) is 5.03. The monoisotopic (exact) mass is 464 g/mol. The molecule has 9 heteroatoms. The van der Waals surface area contributed by atoms with E-state index in [1.165, 1.54) is 21.2 Å². The highest BCUT2D eigenvalue weighted by Crippen LogP contribution is 2.26. The van der Waals surface area contributed by atoms with E-state index in [1.54, 1.807) is 7.05 Å². The number of urea groups is 1. The summed E-state index contributed by atoms with van der Waals surface area (Å²) < 4.78 is 5.58. The molecule has 2 saturated heterocycles. The Morgan fingerprint density at radius 3 is 2.62 bits per heavy atom. The van der Waals surface area contributed by atoms with Gasteiger partial charge in [0.25, 0.3) is 5.91 Å². The van der Waals surface area contributed by atoms with Gasteiger partial charge in [0, 0.05) is 52.9 Å². The van der Waals surface area contributed by atoms with Gasteiger partial charge < -0.3 is 19.4 Å². The van der Waals surface area contributed by atoms with Crippen molar-refractivity contribution in [2.75, 3.05) is 53.0 Å². The van der Waals surface area contributed by atoms with Gasteiger partial charge in [-0.15, -0.1) is 0 Å². The lowest BCUT2D eigenvalue weighted by molar-refractivity contribution is -0.127. The number of carbonyl (C=O) groups excluding carboxylic acids is 2. The van der Waals surface area contributed by atoms with Gasteiger partial charge in [-0.1, -0.05) is 42.5 Å². The van der Waals surface area contributed by atoms with Crippen LogP contribution in [0, 0.1) is 0 Å². The number of imide groups is 1. The van der Waals surface area contributed by atoms with Crippen LogP contribution in [0.4, 0.5) is 4.79 Å². The Labute approximate surface area is 199 Å². The van der Waals surface area contributed by atoms with Gasteiger partial charge in [0.2, 0.25) is 0 Å². The number of guanidine groups is 1. The molecule has 0 aromatic heterocycles. The van der Waals surface area contributed by atoms with Crippen molar-refractivity contribution in [3.05, 3.63) is 48.0 Å². The topological polar surface area (TPSA) is 80.7 Å². The van der Waals surface area contributed by atoms with Crippen molar-refractivity contribution in [2.24, 2.45) is 4.99 Å². The fourth-order valence-electron chi connectivity index (χ4n) is 5.10. The second kappa shape index (κ2) is 9.60. The SMILES string of the molecule is CCOCCN1C(N2CCN(Cc3cccc4ccccc34)CC2)=NC2C1C(=O)NC(=O)N2C. The largest absolute Gasteiger partial charge is 0.380 e. The lowest BCUT2D eigenvalue weighted by atomic mass is 10.0. The first-order chi connectivity index (χ1) is 16.6. The maximum Gasteiger partial charge on any atom is 0.325 e. The first kappa shape index (κ1) is 22.6. The Morgan fingerprint density at radius 1 is 1.06 bits per heavy atom. The van der Waals surface area contributed by atoms with E-state index in [2.05, 4.69) is 57.6 Å². The summed E-state index contributed by atoms with van der Waals surface area (Å²) in [5.41, 5.74) is 1.34. The predicted molar refractivity (Wildman–Crippen MR) is 130 cm³/mol. The molecule has 9 nitrogen and oxygen atoms in total. The molecule has 0 saturated carbocycles. The third-order valence-corrected chi connectivity index (χ3v) is 6.95. The van der Waals surface area contributed by atoms with Crippen LogP contribution in [0.2, 0.25) is 0 Å². The molecule has 2 aromatic rings. The van der Waals surface area contributed by atoms with E-state index in [0.29, 0.717) is 19.8 Å². The lowest BCUT2D eigenvalue weighted by Gasteiger charge is -2.40. The molecule has 3 heterocycles. The molecule has 3 amide bonds. The average molecular weight is 465 g/mol. The standard InChI is InChI=1S/C25H32N6O3/c1-3-34-16-15-31-21-22(28(2)25(33)27-23(21)32)26-24(31)30-13-11-29(12-14-30)17-19-9-6-8-18-7-4-5-10-20(18)19/h4-10,21-22H,3,11-17H2,1-2H3,(H,27,32,33). The Hall–Kier alpha value is -3.17. The van der Waals surface area contributed by atoms with Crippen molar-refractivity contribution in [3.63, 3.8) is 0 Å². The van der Waals surface area contributed by atoms with Gasteiger partial charge in [-0.3, -0.25) is 15.0 Å². The maximum absolute atomic E-state index is 12.7. The van der Waals surface area contributed by atoms with Crippen molar-refractivity contribution in [2.45, 2.75) is 25.7 Å². The van der Waals surface area contributed by atoms with E-state index in [1.807, 2.05) is 11.8 Å². The summed E-state index contributed by atoms with van der Waals surface area (Å²) in [6.45, 7) is 7.96. The van der Waals surface area contributed by atoms with Crippen LogP contribution in [0.3, 0.4) is 0 Å². The van der Waals surface area contributed by atoms with Crippen LogP contribution in [-0.4, -0.2) is 103 Å². The van der Waals surface area contributed by atoms with E-state index < -0.39 is 18.2 Å². The van der Waals surface area contributed by atoms with E-state index in [9.17, 15) is 9.59 Å². The minimum Gasteiger partial charge on any atom is -0.380 e. The van der Waals surface area contributed by atoms with Crippen LogP contribution < -0.4 is 5.32 Å². The normalized spacial score (nSPS) is 23.4. The molecule has 1 N–H and O–H groups in total. The third kappa shape index (κ3) is 4.21. The molecule has 0 spiro atoms. The predicted octanol–water partition coefficient (Wildman–Crippen LogP) is 1.54. The van der Waals surface area contributed by atoms with Gasteiger partial charge in [-0.25, -0.2) is 9.79 Å². The van der Waals surface area contributed by atoms with Crippen LogP contribution in [-0.2, 0) is 16.1 Å². The zero-order valence-electron chi connectivity index (χ0n) is 19.8. The van der Waals surface area contributed by atoms with Gasteiger partial charge in [0.15, 0.2) is 18.2 Å². The first-order valence-electron chi connectivity index (χ1n) is 12.0. The number of hydrogen-bond acceptors (Lipinski definition) is 7. The molecule has 3 aliphatic rings. The van der Waals surface area contributed by atoms with Crippen molar-refractivity contribution < 1.29 is 14.3 Å². The van der Waals surface area contributed by atoms with Crippen LogP contribution >= 0.6 is 0 Å². The molecule has 2 unspecified atom stereocenters. The second-order valence-corrected chi connectivity index (χ2v) is 8.98. The molecule has 2 aromatic carbocycles. The lowest BCUT2D eigenvalue weighted by Crippen LogP contribution is -2.65. The molecule has 0 aliphatic carbocycles. The fraction of sp³-hybridized carbons (Fsp3) is 0.480. The van der Waals surface area contributed by atoms with Crippen LogP contribution in [0.15, 0.2) is 47.5 Å². The molecular weight excluding hydrogens is 432 g/mol. The number of nitrogens with one attached hydrogen (secondary N) is 1. The van der Waals surface area contributed by atoms with Crippen molar-refractivity contribution in [1.29, 1.82) is 0 Å². The summed E-state index contributed by atoms with van der Waals surface area (Å²) in [7, 11) is 1.69. The minimum atomic E-state index is -0.521. The maximum atomic E-state index is 12.7. The van der Waals surface area contributed by atoms with Crippen LogP contribution in [0.5, 0.6) is 0 Å². The van der Waals surface area contributed by atoms with Gasteiger partial charge >= 0.3 is 6.03 Å². The summed E-state index contributed by atoms with van der Waals surface area (Å²) in [6, 6.07) is 14.1. The smallest absolute Gasteiger partial charge is 0.325 e. The Balaban J connectivity index is 1.29. The number of hydrogen-bond donors (Lipinski definition) is 1. The Bertz CT molecular complexity index is 1090. The highest BCUT2D eigenvalue weighted by molar-refractivity contribution is 6.03. The molecule has 0 radical (unpaired) electrons. The van der Waals surface area contributed by atoms with Crippen molar-refractivity contribution >= 4 is 28.7 Å². The van der Waals surface area contributed by atoms with E-state index in [-0.39, 0.29) is 5.91 Å². The van der Waals surface area contributed by atoms with E-state index in [0.717, 1.165) is 38.7 Å². The highest BCUT2D eigenvalue weighted by Gasteiger charge is 2.49. The first-order valence-corrected chi connectivity index (χ1v) is 12.0. The van der Waals surface area contributed by atoms with Crippen molar-refractivity contribution in [1.82, 2.24) is 24.9 Å². The van der Waals surface area contributed by atoms with Gasteiger partial charge in [0.05, 0.1) is 6.61 Å². The number of fused-ring (bicyclic) bond motifs is 2. The zero-order valence-corrected chi connectivity index (χ0v) is 19.8. The zero-order chi connectivity index (χ0) is 23.7. The van der Waals surface area contributed by atoms with Gasteiger partial charge in [-0.2, -0.15) is 0 Å². The molecule has 34 heavy (non-hydrogen) atoms. The fourth-order valence-corrected chi connectivity index (χ4v) is 5.10. The number of nitrogens with zero attached hydrogens (tertiary/aromatic N) is 5. The molecule has 3 aliphatic heterocycles. The van der Waals surface area contributed by atoms with Crippen LogP contribution in [0.25, 0.3) is 10.8 Å². The second-order valence-electron chi connectivity index (χ2n) is 8.98. The molecular formula is C25H32N6O3. The number of ether oxygens (including phenoxy) is 1. The number of piperazine rings is 1. The molecule has 180 valence electrons. The van der Waals surface area contributed by atoms with Crippen LogP contribution in [0.1, 0.15) is 12.5 Å². The summed E-state index contributed by atoms with van der Waals surface area (Å²) in [5.74, 6) is 0.495. The summed E-state index contributed by atoms with van der Waals surface area (Å²) in [6.07, 6.45) is -0.508. The summed E-state index contributed by atoms with van der Waals surface area (Å²) in [4.78, 5) is 38.0. The quantitative estimate of drug-likeness (QED) is 0.654. The average Bonchev–Trinajstić information content (AvgIpc) is 3.24. The Kier molecular flexibility index (Phi) is 6.38. The number of rotatable bonds is 6. The van der Waals surface area contributed by atoms with Gasteiger partial charge in [-0.05, 0) is 23.3 Å². The number of aliphatic imine (C=N–C) groups is 1. The van der Waals surface area contributed by atoms with E-state index >= 15 is 0 Å². The molecule has 2 atom stereocenters. The Morgan fingerprint density at radius 2 is 1.82 bits per heavy atom. The number of amides is 3. The third-order valence-electron chi connectivity index (χ3n) is 6.95. The van der Waals surface area contributed by atoms with E-state index in [4.69, 9.17) is 9.73 Å². The van der Waals surface area contributed by atoms with Gasteiger partial charge in [0.1, 0.15) is 0 Å². The minimum absolute atomic E-state index is 0.294. The van der Waals surface area contributed by atoms with Crippen molar-refractivity contribution in [3.8, 4) is 0 Å². The molecule has 2 fully saturated rings. The number of benzene rings is 2.